The van der Waals surface area contributed by atoms with Crippen LogP contribution in [0.4, 0.5) is 11.5 Å². The van der Waals surface area contributed by atoms with E-state index in [4.69, 9.17) is 0 Å². The van der Waals surface area contributed by atoms with Gasteiger partial charge < -0.3 is 15.0 Å². The van der Waals surface area contributed by atoms with Crippen molar-refractivity contribution in [2.75, 3.05) is 4.90 Å². The zero-order chi connectivity index (χ0) is 11.8. The van der Waals surface area contributed by atoms with Crippen LogP contribution in [0.3, 0.4) is 0 Å². The summed E-state index contributed by atoms with van der Waals surface area (Å²) in [5.41, 5.74) is 1.04. The van der Waals surface area contributed by atoms with Gasteiger partial charge in [-0.1, -0.05) is 0 Å². The predicted octanol–water partition coefficient (Wildman–Crippen LogP) is 2.51. The number of fused-ring (bicyclic) bond motifs is 2. The molecule has 2 unspecified atom stereocenters. The maximum absolute atomic E-state index is 10.6. The van der Waals surface area contributed by atoms with Crippen molar-refractivity contribution in [2.24, 2.45) is 0 Å². The number of nitrogens with zero attached hydrogens (tertiary/aromatic N) is 3. The van der Waals surface area contributed by atoms with E-state index in [1.807, 2.05) is 6.07 Å². The van der Waals surface area contributed by atoms with Crippen molar-refractivity contribution < 1.29 is 4.92 Å². The molecular weight excluding hydrogens is 218 g/mol. The van der Waals surface area contributed by atoms with Gasteiger partial charge in [0.05, 0.1) is 5.69 Å². The predicted molar refractivity (Wildman–Crippen MR) is 64.0 cm³/mol. The average Bonchev–Trinajstić information content (AvgIpc) is 2.59. The molecule has 0 aromatic carbocycles. The lowest BCUT2D eigenvalue weighted by molar-refractivity contribution is -0.389. The van der Waals surface area contributed by atoms with Crippen LogP contribution in [-0.4, -0.2) is 22.0 Å². The van der Waals surface area contributed by atoms with Crippen LogP contribution in [-0.2, 0) is 0 Å². The highest BCUT2D eigenvalue weighted by molar-refractivity contribution is 5.50. The summed E-state index contributed by atoms with van der Waals surface area (Å²) in [6.07, 6.45) is 7.95. The van der Waals surface area contributed by atoms with Gasteiger partial charge in [0.15, 0.2) is 6.20 Å². The zero-order valence-corrected chi connectivity index (χ0v) is 9.58. The van der Waals surface area contributed by atoms with E-state index in [0.29, 0.717) is 12.1 Å². The first-order valence-electron chi connectivity index (χ1n) is 6.14. The van der Waals surface area contributed by atoms with Gasteiger partial charge >= 0.3 is 5.82 Å². The summed E-state index contributed by atoms with van der Waals surface area (Å²) in [5, 5.41) is 10.6. The number of rotatable bonds is 2. The van der Waals surface area contributed by atoms with Crippen LogP contribution in [0.2, 0.25) is 0 Å². The Morgan fingerprint density at radius 2 is 1.94 bits per heavy atom. The van der Waals surface area contributed by atoms with Crippen molar-refractivity contribution in [3.63, 3.8) is 0 Å². The molecular formula is C12H15N3O2. The van der Waals surface area contributed by atoms with Crippen LogP contribution >= 0.6 is 0 Å². The number of hydrogen-bond donors (Lipinski definition) is 0. The molecule has 17 heavy (non-hydrogen) atoms. The van der Waals surface area contributed by atoms with Gasteiger partial charge in [0.25, 0.3) is 0 Å². The maximum atomic E-state index is 10.6. The molecule has 0 N–H and O–H groups in total. The van der Waals surface area contributed by atoms with Gasteiger partial charge in [-0.2, -0.15) is 0 Å². The summed E-state index contributed by atoms with van der Waals surface area (Å²) < 4.78 is 0. The number of nitro groups is 1. The van der Waals surface area contributed by atoms with Gasteiger partial charge in [0.1, 0.15) is 0 Å². The first-order chi connectivity index (χ1) is 8.25. The zero-order valence-electron chi connectivity index (χ0n) is 9.58. The van der Waals surface area contributed by atoms with Gasteiger partial charge in [-0.3, -0.25) is 0 Å². The minimum atomic E-state index is -0.450. The van der Waals surface area contributed by atoms with E-state index in [9.17, 15) is 10.1 Å². The normalized spacial score (nSPS) is 27.2. The summed E-state index contributed by atoms with van der Waals surface area (Å²) >= 11 is 0. The van der Waals surface area contributed by atoms with E-state index in [0.717, 1.165) is 5.69 Å². The first-order valence-corrected chi connectivity index (χ1v) is 6.14. The molecule has 0 amide bonds. The summed E-state index contributed by atoms with van der Waals surface area (Å²) in [7, 11) is 0. The molecule has 1 aromatic heterocycles. The third-order valence-electron chi connectivity index (χ3n) is 3.91. The third-order valence-corrected chi connectivity index (χ3v) is 3.91. The van der Waals surface area contributed by atoms with Crippen molar-refractivity contribution in [1.29, 1.82) is 0 Å². The summed E-state index contributed by atoms with van der Waals surface area (Å²) in [4.78, 5) is 16.4. The molecule has 1 aromatic rings. The molecule has 5 nitrogen and oxygen atoms in total. The van der Waals surface area contributed by atoms with E-state index in [2.05, 4.69) is 9.88 Å². The van der Waals surface area contributed by atoms with Crippen molar-refractivity contribution in [3.05, 3.63) is 28.4 Å². The molecule has 90 valence electrons. The number of aromatic nitrogens is 1. The lowest BCUT2D eigenvalue weighted by atomic mass is 10.0. The summed E-state index contributed by atoms with van der Waals surface area (Å²) in [5.74, 6) is -0.0712. The van der Waals surface area contributed by atoms with Crippen LogP contribution in [0.25, 0.3) is 0 Å². The fraction of sp³-hybridized carbons (Fsp3) is 0.583. The van der Waals surface area contributed by atoms with Crippen molar-refractivity contribution in [1.82, 2.24) is 4.98 Å². The van der Waals surface area contributed by atoms with Gasteiger partial charge in [-0.05, 0) is 48.1 Å². The highest BCUT2D eigenvalue weighted by Crippen LogP contribution is 2.38. The fourth-order valence-electron chi connectivity index (χ4n) is 3.18. The van der Waals surface area contributed by atoms with Crippen molar-refractivity contribution in [3.8, 4) is 0 Å². The minimum Gasteiger partial charge on any atom is -0.363 e. The summed E-state index contributed by atoms with van der Waals surface area (Å²) in [6.45, 7) is 0. The lowest BCUT2D eigenvalue weighted by Crippen LogP contribution is -2.39. The molecule has 2 aliphatic rings. The van der Waals surface area contributed by atoms with Crippen LogP contribution in [0.15, 0.2) is 18.3 Å². The Morgan fingerprint density at radius 1 is 1.24 bits per heavy atom. The molecule has 2 aliphatic heterocycles. The van der Waals surface area contributed by atoms with Crippen LogP contribution in [0, 0.1) is 10.1 Å². The largest absolute Gasteiger partial charge is 0.363 e. The molecule has 5 heteroatoms. The molecule has 0 radical (unpaired) electrons. The SMILES string of the molecule is O=[N+]([O-])c1ccc(N2C3CCCC2CC3)cn1. The minimum absolute atomic E-state index is 0.0712. The van der Waals surface area contributed by atoms with E-state index in [1.54, 1.807) is 6.20 Å². The van der Waals surface area contributed by atoms with E-state index < -0.39 is 4.92 Å². The number of piperidine rings is 1. The molecule has 3 rings (SSSR count). The number of hydrogen-bond acceptors (Lipinski definition) is 4. The van der Waals surface area contributed by atoms with Gasteiger partial charge in [0, 0.05) is 18.2 Å². The Labute approximate surface area is 99.6 Å². The Balaban J connectivity index is 1.86. The average molecular weight is 233 g/mol. The summed E-state index contributed by atoms with van der Waals surface area (Å²) in [6, 6.07) is 4.58. The monoisotopic (exact) mass is 233 g/mol. The second-order valence-corrected chi connectivity index (χ2v) is 4.85. The van der Waals surface area contributed by atoms with Crippen LogP contribution < -0.4 is 4.90 Å². The Bertz CT molecular complexity index is 416. The molecule has 3 heterocycles. The fourth-order valence-corrected chi connectivity index (χ4v) is 3.18. The molecule has 2 atom stereocenters. The second-order valence-electron chi connectivity index (χ2n) is 4.85. The highest BCUT2D eigenvalue weighted by Gasteiger charge is 2.37. The van der Waals surface area contributed by atoms with Gasteiger partial charge in [-0.25, -0.2) is 0 Å². The molecule has 0 saturated carbocycles. The van der Waals surface area contributed by atoms with E-state index in [1.165, 1.54) is 38.2 Å². The quantitative estimate of drug-likeness (QED) is 0.581. The van der Waals surface area contributed by atoms with Gasteiger partial charge in [-0.15, -0.1) is 0 Å². The topological polar surface area (TPSA) is 59.3 Å². The maximum Gasteiger partial charge on any atom is 0.363 e. The molecule has 2 fully saturated rings. The third kappa shape index (κ3) is 1.75. The van der Waals surface area contributed by atoms with Crippen LogP contribution in [0.5, 0.6) is 0 Å². The Hall–Kier alpha value is -1.65. The molecule has 0 aliphatic carbocycles. The van der Waals surface area contributed by atoms with E-state index in [-0.39, 0.29) is 5.82 Å². The van der Waals surface area contributed by atoms with Crippen molar-refractivity contribution in [2.45, 2.75) is 44.2 Å². The van der Waals surface area contributed by atoms with Crippen molar-refractivity contribution >= 4 is 11.5 Å². The standard InChI is InChI=1S/C12H15N3O2/c16-15(17)12-7-6-11(8-13-12)14-9-2-1-3-10(14)5-4-9/h6-10H,1-5H2. The van der Waals surface area contributed by atoms with Crippen LogP contribution in [0.1, 0.15) is 32.1 Å². The Morgan fingerprint density at radius 3 is 2.47 bits per heavy atom. The smallest absolute Gasteiger partial charge is 0.363 e. The Kier molecular flexibility index (Phi) is 2.46. The second kappa shape index (κ2) is 3.98. The lowest BCUT2D eigenvalue weighted by Gasteiger charge is -2.35. The van der Waals surface area contributed by atoms with Gasteiger partial charge in [0.2, 0.25) is 0 Å². The highest BCUT2D eigenvalue weighted by atomic mass is 16.6. The first kappa shape index (κ1) is 10.5. The number of anilines is 1. The molecule has 2 saturated heterocycles. The molecule has 0 spiro atoms. The van der Waals surface area contributed by atoms with E-state index >= 15 is 0 Å². The molecule has 2 bridgehead atoms. The number of pyridine rings is 1.